The van der Waals surface area contributed by atoms with Crippen LogP contribution in [0.1, 0.15) is 24.0 Å². The number of nitrogens with zero attached hydrogens (tertiary/aromatic N) is 3. The molecule has 122 valence electrons. The van der Waals surface area contributed by atoms with Gasteiger partial charge in [-0.3, -0.25) is 4.72 Å². The molecule has 1 aliphatic rings. The zero-order valence-corrected chi connectivity index (χ0v) is 13.9. The van der Waals surface area contributed by atoms with Crippen molar-refractivity contribution in [2.45, 2.75) is 25.5 Å². The van der Waals surface area contributed by atoms with E-state index in [1.54, 1.807) is 6.07 Å². The monoisotopic (exact) mass is 332 g/mol. The van der Waals surface area contributed by atoms with E-state index in [1.165, 1.54) is 12.4 Å². The van der Waals surface area contributed by atoms with E-state index < -0.39 is 10.0 Å². The highest BCUT2D eigenvalue weighted by Crippen LogP contribution is 2.17. The molecular weight excluding hydrogens is 312 g/mol. The first-order chi connectivity index (χ1) is 11.0. The molecule has 0 spiro atoms. The van der Waals surface area contributed by atoms with Crippen molar-refractivity contribution in [3.63, 3.8) is 0 Å². The molecule has 2 heterocycles. The Kier molecular flexibility index (Phi) is 4.47. The molecular formula is C16H20N4O2S. The summed E-state index contributed by atoms with van der Waals surface area (Å²) in [5.41, 5.74) is 2.18. The maximum atomic E-state index is 12.2. The fraction of sp³-hybridized carbons (Fsp3) is 0.375. The predicted octanol–water partition coefficient (Wildman–Crippen LogP) is 2.33. The normalized spacial score (nSPS) is 14.9. The number of hydrogen-bond acceptors (Lipinski definition) is 5. The molecule has 1 aromatic carbocycles. The Morgan fingerprint density at radius 2 is 1.87 bits per heavy atom. The van der Waals surface area contributed by atoms with Crippen LogP contribution in [0.25, 0.3) is 0 Å². The Morgan fingerprint density at radius 3 is 2.52 bits per heavy atom. The lowest BCUT2D eigenvalue weighted by molar-refractivity contribution is 0.600. The average molecular weight is 332 g/mol. The number of hydrogen-bond donors (Lipinski definition) is 1. The minimum atomic E-state index is -3.48. The van der Waals surface area contributed by atoms with Crippen LogP contribution < -0.4 is 9.62 Å². The molecule has 1 aliphatic heterocycles. The van der Waals surface area contributed by atoms with Crippen LogP contribution in [0, 0.1) is 6.92 Å². The molecule has 0 amide bonds. The smallest absolute Gasteiger partial charge is 0.237 e. The summed E-state index contributed by atoms with van der Waals surface area (Å²) >= 11 is 0. The number of nitrogens with one attached hydrogen (secondary N) is 1. The number of anilines is 2. The van der Waals surface area contributed by atoms with E-state index in [4.69, 9.17) is 0 Å². The van der Waals surface area contributed by atoms with Crippen LogP contribution in [-0.2, 0) is 15.8 Å². The van der Waals surface area contributed by atoms with Gasteiger partial charge in [0.2, 0.25) is 16.0 Å². The summed E-state index contributed by atoms with van der Waals surface area (Å²) in [7, 11) is -3.48. The number of aromatic nitrogens is 2. The molecule has 3 rings (SSSR count). The van der Waals surface area contributed by atoms with Gasteiger partial charge in [-0.2, -0.15) is 0 Å². The van der Waals surface area contributed by atoms with E-state index in [-0.39, 0.29) is 5.75 Å². The van der Waals surface area contributed by atoms with Gasteiger partial charge in [0, 0.05) is 13.1 Å². The third kappa shape index (κ3) is 4.19. The molecule has 0 atom stereocenters. The van der Waals surface area contributed by atoms with Crippen molar-refractivity contribution >= 4 is 21.7 Å². The molecule has 0 aliphatic carbocycles. The first-order valence-corrected chi connectivity index (χ1v) is 9.30. The van der Waals surface area contributed by atoms with E-state index in [0.29, 0.717) is 11.6 Å². The van der Waals surface area contributed by atoms with Gasteiger partial charge in [-0.15, -0.1) is 0 Å². The fourth-order valence-corrected chi connectivity index (χ4v) is 3.85. The van der Waals surface area contributed by atoms with E-state index >= 15 is 0 Å². The van der Waals surface area contributed by atoms with Crippen molar-refractivity contribution in [1.82, 2.24) is 9.97 Å². The average Bonchev–Trinajstić information content (AvgIpc) is 3.01. The molecule has 2 aromatic rings. The minimum Gasteiger partial charge on any atom is -0.341 e. The van der Waals surface area contributed by atoms with Crippen molar-refractivity contribution < 1.29 is 8.42 Å². The SMILES string of the molecule is Cc1cccc(CS(=O)(=O)Nc2cnc(N3CCCC3)nc2)c1. The quantitative estimate of drug-likeness (QED) is 0.909. The van der Waals surface area contributed by atoms with E-state index in [0.717, 1.165) is 37.1 Å². The number of aryl methyl sites for hydroxylation is 1. The summed E-state index contributed by atoms with van der Waals surface area (Å²) in [6.07, 6.45) is 5.34. The summed E-state index contributed by atoms with van der Waals surface area (Å²) < 4.78 is 27.0. The number of sulfonamides is 1. The summed E-state index contributed by atoms with van der Waals surface area (Å²) in [6.45, 7) is 3.85. The summed E-state index contributed by atoms with van der Waals surface area (Å²) in [6, 6.07) is 7.47. The molecule has 0 saturated carbocycles. The second-order valence-corrected chi connectivity index (χ2v) is 7.54. The van der Waals surface area contributed by atoms with Gasteiger partial charge in [-0.1, -0.05) is 29.8 Å². The van der Waals surface area contributed by atoms with Crippen molar-refractivity contribution in [2.75, 3.05) is 22.7 Å². The highest BCUT2D eigenvalue weighted by Gasteiger charge is 2.16. The van der Waals surface area contributed by atoms with E-state index in [9.17, 15) is 8.42 Å². The van der Waals surface area contributed by atoms with Gasteiger partial charge in [0.05, 0.1) is 23.8 Å². The molecule has 1 saturated heterocycles. The first-order valence-electron chi connectivity index (χ1n) is 7.65. The Hall–Kier alpha value is -2.15. The number of benzene rings is 1. The molecule has 6 nitrogen and oxygen atoms in total. The van der Waals surface area contributed by atoms with Crippen molar-refractivity contribution in [2.24, 2.45) is 0 Å². The van der Waals surface area contributed by atoms with Gasteiger partial charge in [0.25, 0.3) is 0 Å². The van der Waals surface area contributed by atoms with Crippen LogP contribution in [0.3, 0.4) is 0 Å². The zero-order chi connectivity index (χ0) is 16.3. The largest absolute Gasteiger partial charge is 0.341 e. The third-order valence-corrected chi connectivity index (χ3v) is 5.00. The van der Waals surface area contributed by atoms with Gasteiger partial charge < -0.3 is 4.90 Å². The zero-order valence-electron chi connectivity index (χ0n) is 13.1. The van der Waals surface area contributed by atoms with Crippen LogP contribution in [0.4, 0.5) is 11.6 Å². The molecule has 7 heteroatoms. The van der Waals surface area contributed by atoms with Crippen molar-refractivity contribution in [1.29, 1.82) is 0 Å². The highest BCUT2D eigenvalue weighted by molar-refractivity contribution is 7.91. The lowest BCUT2D eigenvalue weighted by Crippen LogP contribution is -2.21. The Morgan fingerprint density at radius 1 is 1.17 bits per heavy atom. The van der Waals surface area contributed by atoms with Crippen LogP contribution in [-0.4, -0.2) is 31.5 Å². The second kappa shape index (κ2) is 6.54. The molecule has 1 fully saturated rings. The predicted molar refractivity (Wildman–Crippen MR) is 90.9 cm³/mol. The summed E-state index contributed by atoms with van der Waals surface area (Å²) in [5.74, 6) is 0.590. The maximum Gasteiger partial charge on any atom is 0.237 e. The minimum absolute atomic E-state index is 0.0669. The molecule has 1 aromatic heterocycles. The summed E-state index contributed by atoms with van der Waals surface area (Å²) in [5, 5.41) is 0. The number of rotatable bonds is 5. The van der Waals surface area contributed by atoms with Crippen LogP contribution in [0.15, 0.2) is 36.7 Å². The lowest BCUT2D eigenvalue weighted by Gasteiger charge is -2.15. The van der Waals surface area contributed by atoms with Gasteiger partial charge in [-0.25, -0.2) is 18.4 Å². The molecule has 0 radical (unpaired) electrons. The van der Waals surface area contributed by atoms with E-state index in [1.807, 2.05) is 25.1 Å². The van der Waals surface area contributed by atoms with Crippen molar-refractivity contribution in [3.8, 4) is 0 Å². The third-order valence-electron chi connectivity index (χ3n) is 3.74. The van der Waals surface area contributed by atoms with Crippen molar-refractivity contribution in [3.05, 3.63) is 47.8 Å². The van der Waals surface area contributed by atoms with Gasteiger partial charge in [0.15, 0.2) is 0 Å². The van der Waals surface area contributed by atoms with Crippen LogP contribution in [0.5, 0.6) is 0 Å². The van der Waals surface area contributed by atoms with Crippen LogP contribution >= 0.6 is 0 Å². The topological polar surface area (TPSA) is 75.2 Å². The van der Waals surface area contributed by atoms with Gasteiger partial charge in [0.1, 0.15) is 0 Å². The molecule has 0 bridgehead atoms. The molecule has 1 N–H and O–H groups in total. The molecule has 0 unspecified atom stereocenters. The lowest BCUT2D eigenvalue weighted by atomic mass is 10.2. The fourth-order valence-electron chi connectivity index (χ4n) is 2.69. The van der Waals surface area contributed by atoms with Gasteiger partial charge >= 0.3 is 0 Å². The standard InChI is InChI=1S/C16H20N4O2S/c1-13-5-4-6-14(9-13)12-23(21,22)19-15-10-17-16(18-11-15)20-7-2-3-8-20/h4-6,9-11,19H,2-3,7-8,12H2,1H3. The molecule has 23 heavy (non-hydrogen) atoms. The Balaban J connectivity index is 1.67. The Labute approximate surface area is 136 Å². The maximum absolute atomic E-state index is 12.2. The Bertz CT molecular complexity index is 769. The highest BCUT2D eigenvalue weighted by atomic mass is 32.2. The van der Waals surface area contributed by atoms with Gasteiger partial charge in [-0.05, 0) is 25.3 Å². The second-order valence-electron chi connectivity index (χ2n) is 5.82. The first kappa shape index (κ1) is 15.7. The summed E-state index contributed by atoms with van der Waals surface area (Å²) in [4.78, 5) is 10.6. The van der Waals surface area contributed by atoms with E-state index in [2.05, 4.69) is 19.6 Å². The van der Waals surface area contributed by atoms with Crippen LogP contribution in [0.2, 0.25) is 0 Å².